The summed E-state index contributed by atoms with van der Waals surface area (Å²) in [5.41, 5.74) is -1.97. The van der Waals surface area contributed by atoms with Crippen molar-refractivity contribution in [3.05, 3.63) is 48.3 Å². The molecule has 0 radical (unpaired) electrons. The predicted molar refractivity (Wildman–Crippen MR) is 96.2 cm³/mol. The Labute approximate surface area is 163 Å². The lowest BCUT2D eigenvalue weighted by Crippen LogP contribution is -2.49. The maximum atomic E-state index is 13.6. The molecule has 0 aliphatic heterocycles. The fourth-order valence-electron chi connectivity index (χ4n) is 2.86. The number of halogens is 3. The van der Waals surface area contributed by atoms with Gasteiger partial charge in [-0.25, -0.2) is 9.78 Å². The van der Waals surface area contributed by atoms with Gasteiger partial charge in [-0.3, -0.25) is 4.79 Å². The highest BCUT2D eigenvalue weighted by atomic mass is 19.4. The predicted octanol–water partition coefficient (Wildman–Crippen LogP) is 3.84. The number of amides is 1. The van der Waals surface area contributed by atoms with Crippen molar-refractivity contribution in [3.63, 3.8) is 0 Å². The minimum absolute atomic E-state index is 0.223. The van der Waals surface area contributed by atoms with Crippen molar-refractivity contribution in [1.29, 1.82) is 0 Å². The van der Waals surface area contributed by atoms with Crippen molar-refractivity contribution in [3.8, 4) is 11.1 Å². The normalized spacial score (nSPS) is 13.4. The highest BCUT2D eigenvalue weighted by Gasteiger charge is 2.36. The van der Waals surface area contributed by atoms with E-state index >= 15 is 0 Å². The number of aromatic nitrogens is 2. The molecule has 0 fully saturated rings. The average molecular weight is 409 g/mol. The fraction of sp³-hybridized carbons (Fsp3) is 0.316. The average Bonchev–Trinajstić information content (AvgIpc) is 3.25. The molecule has 2 N–H and O–H groups in total. The smallest absolute Gasteiger partial charge is 0.420 e. The number of pyridine rings is 1. The van der Waals surface area contributed by atoms with Crippen molar-refractivity contribution in [2.24, 2.45) is 5.41 Å². The number of aliphatic carboxylic acids is 1. The largest absolute Gasteiger partial charge is 0.480 e. The number of carbonyl (C=O) groups is 2. The lowest BCUT2D eigenvalue weighted by atomic mass is 9.87. The molecule has 10 heteroatoms. The van der Waals surface area contributed by atoms with Crippen molar-refractivity contribution in [2.75, 3.05) is 0 Å². The lowest BCUT2D eigenvalue weighted by molar-refractivity contribution is -0.142. The van der Waals surface area contributed by atoms with E-state index in [0.29, 0.717) is 5.56 Å². The van der Waals surface area contributed by atoms with Crippen LogP contribution in [0.4, 0.5) is 13.2 Å². The van der Waals surface area contributed by atoms with Crippen molar-refractivity contribution >= 4 is 17.5 Å². The number of hydrogen-bond acceptors (Lipinski definition) is 4. The molecule has 0 bridgehead atoms. The first kappa shape index (κ1) is 20.4. The van der Waals surface area contributed by atoms with Gasteiger partial charge in [0.2, 0.25) is 0 Å². The van der Waals surface area contributed by atoms with Crippen LogP contribution in [0.15, 0.2) is 41.5 Å². The van der Waals surface area contributed by atoms with Gasteiger partial charge in [0, 0.05) is 23.5 Å². The molecular formula is C19H18F3N3O4. The molecule has 0 aliphatic rings. The summed E-state index contributed by atoms with van der Waals surface area (Å²) in [5, 5.41) is 11.7. The van der Waals surface area contributed by atoms with Crippen LogP contribution in [-0.2, 0) is 11.0 Å². The molecule has 0 saturated heterocycles. The van der Waals surface area contributed by atoms with Crippen molar-refractivity contribution in [2.45, 2.75) is 33.0 Å². The van der Waals surface area contributed by atoms with E-state index in [4.69, 9.17) is 4.42 Å². The van der Waals surface area contributed by atoms with E-state index in [-0.39, 0.29) is 11.3 Å². The highest BCUT2D eigenvalue weighted by molar-refractivity contribution is 5.95. The topological polar surface area (TPSA) is 96.8 Å². The van der Waals surface area contributed by atoms with E-state index in [2.05, 4.69) is 10.3 Å². The van der Waals surface area contributed by atoms with Gasteiger partial charge in [0.05, 0.1) is 18.1 Å². The molecule has 3 aromatic heterocycles. The maximum absolute atomic E-state index is 13.6. The molecule has 29 heavy (non-hydrogen) atoms. The van der Waals surface area contributed by atoms with Gasteiger partial charge in [0.15, 0.2) is 0 Å². The molecule has 1 amide bonds. The minimum Gasteiger partial charge on any atom is -0.480 e. The number of carboxylic acid groups (broad SMARTS) is 1. The summed E-state index contributed by atoms with van der Waals surface area (Å²) in [4.78, 5) is 27.8. The van der Waals surface area contributed by atoms with Gasteiger partial charge in [-0.2, -0.15) is 13.2 Å². The van der Waals surface area contributed by atoms with Gasteiger partial charge in [0.1, 0.15) is 17.4 Å². The van der Waals surface area contributed by atoms with Gasteiger partial charge < -0.3 is 19.2 Å². The number of carboxylic acids is 1. The van der Waals surface area contributed by atoms with Crippen LogP contribution in [0, 0.1) is 5.41 Å². The number of fused-ring (bicyclic) bond motifs is 1. The number of imidazole rings is 1. The molecule has 0 spiro atoms. The first-order valence-corrected chi connectivity index (χ1v) is 8.54. The summed E-state index contributed by atoms with van der Waals surface area (Å²) in [5.74, 6) is -2.14. The Kier molecular flexibility index (Phi) is 4.89. The Morgan fingerprint density at radius 3 is 2.41 bits per heavy atom. The number of alkyl halides is 3. The zero-order valence-electron chi connectivity index (χ0n) is 15.7. The summed E-state index contributed by atoms with van der Waals surface area (Å²) in [6, 6.07) is 1.18. The fourth-order valence-corrected chi connectivity index (χ4v) is 2.86. The summed E-state index contributed by atoms with van der Waals surface area (Å²) in [6.45, 7) is 4.86. The van der Waals surface area contributed by atoms with Gasteiger partial charge in [-0.1, -0.05) is 20.8 Å². The van der Waals surface area contributed by atoms with E-state index in [1.807, 2.05) is 0 Å². The Bertz CT molecular complexity index is 1060. The molecule has 154 valence electrons. The number of carbonyl (C=O) groups excluding carboxylic acids is 1. The first-order valence-electron chi connectivity index (χ1n) is 8.54. The van der Waals surface area contributed by atoms with E-state index in [0.717, 1.165) is 16.7 Å². The lowest BCUT2D eigenvalue weighted by Gasteiger charge is -2.27. The number of rotatable bonds is 4. The molecule has 0 aliphatic carbocycles. The van der Waals surface area contributed by atoms with Crippen LogP contribution in [0.1, 0.15) is 36.8 Å². The maximum Gasteiger partial charge on any atom is 0.420 e. The molecule has 3 heterocycles. The Morgan fingerprint density at radius 2 is 1.90 bits per heavy atom. The van der Waals surface area contributed by atoms with Crippen molar-refractivity contribution in [1.82, 2.24) is 14.7 Å². The van der Waals surface area contributed by atoms with Crippen LogP contribution in [-0.4, -0.2) is 32.4 Å². The van der Waals surface area contributed by atoms with Crippen LogP contribution < -0.4 is 5.32 Å². The second kappa shape index (κ2) is 6.94. The van der Waals surface area contributed by atoms with E-state index in [1.165, 1.54) is 24.8 Å². The van der Waals surface area contributed by atoms with E-state index < -0.39 is 40.7 Å². The Morgan fingerprint density at radius 1 is 1.21 bits per heavy atom. The molecule has 1 unspecified atom stereocenters. The third kappa shape index (κ3) is 4.10. The Balaban J connectivity index is 2.07. The third-order valence-electron chi connectivity index (χ3n) is 4.33. The van der Waals surface area contributed by atoms with Crippen molar-refractivity contribution < 1.29 is 32.3 Å². The summed E-state index contributed by atoms with van der Waals surface area (Å²) in [7, 11) is 0. The van der Waals surface area contributed by atoms with Crippen LogP contribution in [0.3, 0.4) is 0 Å². The van der Waals surface area contributed by atoms with Gasteiger partial charge >= 0.3 is 12.1 Å². The number of furan rings is 1. The zero-order chi connectivity index (χ0) is 21.6. The second-order valence-corrected chi connectivity index (χ2v) is 7.62. The molecule has 1 atom stereocenters. The minimum atomic E-state index is -4.71. The molecule has 0 aromatic carbocycles. The van der Waals surface area contributed by atoms with Gasteiger partial charge in [-0.15, -0.1) is 0 Å². The second-order valence-electron chi connectivity index (χ2n) is 7.62. The van der Waals surface area contributed by atoms with Crippen LogP contribution >= 0.6 is 0 Å². The SMILES string of the molecule is CC(C)(C)C(NC(=O)c1cn2cc(-c3ccoc3)cc(C(F)(F)F)c2n1)C(=O)O. The first-order chi connectivity index (χ1) is 13.4. The highest BCUT2D eigenvalue weighted by Crippen LogP contribution is 2.35. The van der Waals surface area contributed by atoms with Crippen LogP contribution in [0.2, 0.25) is 0 Å². The molecule has 3 aromatic rings. The Hall–Kier alpha value is -3.30. The number of nitrogens with one attached hydrogen (secondary N) is 1. The molecular weight excluding hydrogens is 391 g/mol. The standard InChI is InChI=1S/C19H18F3N3O4/c1-18(2,3)14(17(27)28)24-16(26)13-8-25-7-11(10-4-5-29-9-10)6-12(15(25)23-13)19(20,21)22/h4-9,14H,1-3H3,(H,24,26)(H,27,28). The number of nitrogens with zero attached hydrogens (tertiary/aromatic N) is 2. The van der Waals surface area contributed by atoms with Crippen LogP contribution in [0.25, 0.3) is 16.8 Å². The summed E-state index contributed by atoms with van der Waals surface area (Å²) in [6.07, 6.45) is 0.433. The van der Waals surface area contributed by atoms with E-state index in [1.54, 1.807) is 20.8 Å². The summed E-state index contributed by atoms with van der Waals surface area (Å²) >= 11 is 0. The van der Waals surface area contributed by atoms with Gasteiger partial charge in [0.25, 0.3) is 5.91 Å². The monoisotopic (exact) mass is 409 g/mol. The molecule has 0 saturated carbocycles. The van der Waals surface area contributed by atoms with Crippen LogP contribution in [0.5, 0.6) is 0 Å². The van der Waals surface area contributed by atoms with E-state index in [9.17, 15) is 27.9 Å². The molecule has 3 rings (SSSR count). The third-order valence-corrected chi connectivity index (χ3v) is 4.33. The quantitative estimate of drug-likeness (QED) is 0.683. The number of hydrogen-bond donors (Lipinski definition) is 2. The summed E-state index contributed by atoms with van der Waals surface area (Å²) < 4.78 is 46.7. The van der Waals surface area contributed by atoms with Gasteiger partial charge in [-0.05, 0) is 17.5 Å². The molecule has 7 nitrogen and oxygen atoms in total. The zero-order valence-corrected chi connectivity index (χ0v) is 15.7.